The van der Waals surface area contributed by atoms with Crippen LogP contribution < -0.4 is 14.4 Å². The molecule has 0 aliphatic carbocycles. The van der Waals surface area contributed by atoms with Crippen molar-refractivity contribution in [3.05, 3.63) is 113 Å². The lowest BCUT2D eigenvalue weighted by Crippen LogP contribution is -2.49. The minimum atomic E-state index is -5.07. The van der Waals surface area contributed by atoms with Gasteiger partial charge in [0.25, 0.3) is 10.0 Å². The van der Waals surface area contributed by atoms with Gasteiger partial charge in [0.05, 0.1) is 33.8 Å². The number of carboxylic acids is 1. The van der Waals surface area contributed by atoms with Crippen LogP contribution in [0.3, 0.4) is 0 Å². The Bertz CT molecular complexity index is 1930. The number of carbonyl (C=O) groups is 2. The summed E-state index contributed by atoms with van der Waals surface area (Å²) in [6.45, 7) is -0.734. The maximum atomic E-state index is 14.3. The second-order valence-corrected chi connectivity index (χ2v) is 12.2. The molecule has 8 nitrogen and oxygen atoms in total. The van der Waals surface area contributed by atoms with Crippen LogP contribution in [0.25, 0.3) is 11.1 Å². The molecule has 246 valence electrons. The fraction of sp³-hybridized carbons (Fsp3) is 0.188. The average Bonchev–Trinajstić information content (AvgIpc) is 3.43. The second kappa shape index (κ2) is 12.6. The van der Waals surface area contributed by atoms with Crippen LogP contribution in [0.1, 0.15) is 27.0 Å². The molecular weight excluding hydrogens is 654 g/mol. The standard InChI is InChI=1S/C32H24F6N2O6S/c33-31(34,35)24-18-22(11-12-23(24)30(42)43)46-15-14-39-29(41)27-17-21-8-4-5-9-26(21)40(27)47(44,45)28-13-10-20(16-25(28)32(36,37)38)19-6-2-1-3-7-19/h1-13,16,18,27H,14-15,17H2,(H,39,41)(H,42,43)/t27-/m0/s1. The minimum absolute atomic E-state index is 0.0161. The van der Waals surface area contributed by atoms with Gasteiger partial charge in [-0.1, -0.05) is 54.6 Å². The first kappa shape index (κ1) is 33.3. The monoisotopic (exact) mass is 678 g/mol. The largest absolute Gasteiger partial charge is 0.492 e. The molecule has 1 heterocycles. The molecule has 1 aliphatic heterocycles. The molecule has 5 rings (SSSR count). The van der Waals surface area contributed by atoms with Gasteiger partial charge in [0.2, 0.25) is 5.91 Å². The summed E-state index contributed by atoms with van der Waals surface area (Å²) < 4.78 is 117. The van der Waals surface area contributed by atoms with E-state index in [9.17, 15) is 44.3 Å². The van der Waals surface area contributed by atoms with E-state index in [4.69, 9.17) is 9.84 Å². The van der Waals surface area contributed by atoms with Gasteiger partial charge in [-0.3, -0.25) is 9.10 Å². The number of hydrogen-bond acceptors (Lipinski definition) is 5. The van der Waals surface area contributed by atoms with Crippen molar-refractivity contribution in [2.45, 2.75) is 29.7 Å². The number of benzene rings is 4. The molecule has 0 unspecified atom stereocenters. The highest BCUT2D eigenvalue weighted by Gasteiger charge is 2.46. The van der Waals surface area contributed by atoms with Gasteiger partial charge >= 0.3 is 18.3 Å². The van der Waals surface area contributed by atoms with Crippen LogP contribution in [0.2, 0.25) is 0 Å². The van der Waals surface area contributed by atoms with Crippen LogP contribution in [0.15, 0.2) is 95.9 Å². The molecule has 0 spiro atoms. The molecule has 47 heavy (non-hydrogen) atoms. The molecule has 4 aromatic rings. The van der Waals surface area contributed by atoms with Crippen LogP contribution in [0, 0.1) is 0 Å². The smallest absolute Gasteiger partial charge is 0.417 e. The summed E-state index contributed by atoms with van der Waals surface area (Å²) in [4.78, 5) is 23.4. The van der Waals surface area contributed by atoms with E-state index in [2.05, 4.69) is 5.32 Å². The quantitative estimate of drug-likeness (QED) is 0.157. The number of anilines is 1. The van der Waals surface area contributed by atoms with E-state index in [1.165, 1.54) is 24.3 Å². The van der Waals surface area contributed by atoms with E-state index in [1.807, 2.05) is 0 Å². The summed E-state index contributed by atoms with van der Waals surface area (Å²) in [5.41, 5.74) is -2.87. The molecule has 2 N–H and O–H groups in total. The lowest BCUT2D eigenvalue weighted by molar-refractivity contribution is -0.140. The molecule has 4 aromatic carbocycles. The van der Waals surface area contributed by atoms with E-state index < -0.39 is 68.5 Å². The number of carbonyl (C=O) groups excluding carboxylic acids is 1. The van der Waals surface area contributed by atoms with E-state index in [0.717, 1.165) is 24.3 Å². The Kier molecular flexibility index (Phi) is 8.95. The third-order valence-corrected chi connectivity index (χ3v) is 9.23. The number of amides is 1. The van der Waals surface area contributed by atoms with Crippen LogP contribution in [0.4, 0.5) is 32.0 Å². The molecule has 0 saturated heterocycles. The maximum absolute atomic E-state index is 14.3. The van der Waals surface area contributed by atoms with E-state index in [1.54, 1.807) is 36.4 Å². The molecular formula is C32H24F6N2O6S. The normalized spacial score (nSPS) is 14.9. The zero-order valence-corrected chi connectivity index (χ0v) is 24.8. The van der Waals surface area contributed by atoms with Gasteiger partial charge in [-0.15, -0.1) is 0 Å². The number of halogens is 6. The van der Waals surface area contributed by atoms with Crippen molar-refractivity contribution in [1.82, 2.24) is 5.32 Å². The SMILES string of the molecule is O=C(O)c1ccc(OCCNC(=O)[C@@H]2Cc3ccccc3N2S(=O)(=O)c2ccc(-c3ccccc3)cc2C(F)(F)F)cc1C(F)(F)F. The predicted molar refractivity (Wildman–Crippen MR) is 157 cm³/mol. The number of ether oxygens (including phenoxy) is 1. The Morgan fingerprint density at radius 3 is 2.15 bits per heavy atom. The van der Waals surface area contributed by atoms with E-state index in [-0.39, 0.29) is 30.0 Å². The Hall–Kier alpha value is -5.05. The van der Waals surface area contributed by atoms with Crippen molar-refractivity contribution in [2.75, 3.05) is 17.5 Å². The van der Waals surface area contributed by atoms with Crippen molar-refractivity contribution >= 4 is 27.6 Å². The summed E-state index contributed by atoms with van der Waals surface area (Å²) in [5, 5.41) is 11.5. The lowest BCUT2D eigenvalue weighted by Gasteiger charge is -2.28. The second-order valence-electron chi connectivity index (χ2n) is 10.4. The first-order valence-corrected chi connectivity index (χ1v) is 15.3. The number of nitrogens with zero attached hydrogens (tertiary/aromatic N) is 1. The number of sulfonamides is 1. The molecule has 1 aliphatic rings. The van der Waals surface area contributed by atoms with Gasteiger partial charge in [0.15, 0.2) is 0 Å². The number of fused-ring (bicyclic) bond motifs is 1. The van der Waals surface area contributed by atoms with E-state index >= 15 is 0 Å². The third-order valence-electron chi connectivity index (χ3n) is 7.35. The first-order valence-electron chi connectivity index (χ1n) is 13.8. The molecule has 1 amide bonds. The number of nitrogens with one attached hydrogen (secondary N) is 1. The zero-order valence-electron chi connectivity index (χ0n) is 24.0. The third kappa shape index (κ3) is 6.89. The van der Waals surface area contributed by atoms with Gasteiger partial charge < -0.3 is 15.2 Å². The van der Waals surface area contributed by atoms with Crippen molar-refractivity contribution < 1.29 is 54.2 Å². The zero-order chi connectivity index (χ0) is 34.1. The molecule has 0 radical (unpaired) electrons. The van der Waals surface area contributed by atoms with E-state index in [0.29, 0.717) is 21.5 Å². The molecule has 0 aromatic heterocycles. The minimum Gasteiger partial charge on any atom is -0.492 e. The first-order chi connectivity index (χ1) is 22.1. The highest BCUT2D eigenvalue weighted by Crippen LogP contribution is 2.42. The Morgan fingerprint density at radius 1 is 0.830 bits per heavy atom. The molecule has 0 bridgehead atoms. The number of aromatic carboxylic acids is 1. The van der Waals surface area contributed by atoms with Gasteiger partial charge in [0.1, 0.15) is 18.4 Å². The molecule has 0 fully saturated rings. The van der Waals surface area contributed by atoms with Gasteiger partial charge in [0, 0.05) is 6.42 Å². The fourth-order valence-corrected chi connectivity index (χ4v) is 7.09. The predicted octanol–water partition coefficient (Wildman–Crippen LogP) is 6.40. The topological polar surface area (TPSA) is 113 Å². The van der Waals surface area contributed by atoms with Crippen molar-refractivity contribution in [1.29, 1.82) is 0 Å². The van der Waals surface area contributed by atoms with Crippen LogP contribution in [-0.4, -0.2) is 44.6 Å². The lowest BCUT2D eigenvalue weighted by atomic mass is 10.0. The van der Waals surface area contributed by atoms with Crippen molar-refractivity contribution in [3.63, 3.8) is 0 Å². The number of para-hydroxylation sites is 1. The molecule has 1 atom stereocenters. The number of carboxylic acid groups (broad SMARTS) is 1. The van der Waals surface area contributed by atoms with Crippen molar-refractivity contribution in [3.8, 4) is 16.9 Å². The maximum Gasteiger partial charge on any atom is 0.417 e. The van der Waals surface area contributed by atoms with Gasteiger partial charge in [-0.05, 0) is 53.1 Å². The molecule has 15 heteroatoms. The van der Waals surface area contributed by atoms with Crippen LogP contribution >= 0.6 is 0 Å². The number of alkyl halides is 6. The Morgan fingerprint density at radius 2 is 1.49 bits per heavy atom. The van der Waals surface area contributed by atoms with Crippen LogP contribution in [0.5, 0.6) is 5.75 Å². The summed E-state index contributed by atoms with van der Waals surface area (Å²) >= 11 is 0. The summed E-state index contributed by atoms with van der Waals surface area (Å²) in [7, 11) is -5.00. The summed E-state index contributed by atoms with van der Waals surface area (Å²) in [6.07, 6.45) is -10.2. The summed E-state index contributed by atoms with van der Waals surface area (Å²) in [6, 6.07) is 17.6. The number of rotatable bonds is 9. The Labute approximate surface area is 264 Å². The Balaban J connectivity index is 1.39. The average molecular weight is 679 g/mol. The highest BCUT2D eigenvalue weighted by atomic mass is 32.2. The number of hydrogen-bond donors (Lipinski definition) is 2. The van der Waals surface area contributed by atoms with Gasteiger partial charge in [-0.25, -0.2) is 13.2 Å². The van der Waals surface area contributed by atoms with Gasteiger partial charge in [-0.2, -0.15) is 26.3 Å². The van der Waals surface area contributed by atoms with Crippen LogP contribution in [-0.2, 0) is 33.6 Å². The highest BCUT2D eigenvalue weighted by molar-refractivity contribution is 7.93. The van der Waals surface area contributed by atoms with Crippen molar-refractivity contribution in [2.24, 2.45) is 0 Å². The fourth-order valence-electron chi connectivity index (χ4n) is 5.24. The summed E-state index contributed by atoms with van der Waals surface area (Å²) in [5.74, 6) is -3.02. The molecule has 0 saturated carbocycles.